The van der Waals surface area contributed by atoms with Crippen LogP contribution >= 0.6 is 0 Å². The molecule has 5 nitrogen and oxygen atoms in total. The van der Waals surface area contributed by atoms with Gasteiger partial charge in [0.1, 0.15) is 11.3 Å². The largest absolute Gasteiger partial charge is 0.506 e. The number of nitrogens with one attached hydrogen (secondary N) is 1. The Kier molecular flexibility index (Phi) is 2.29. The van der Waals surface area contributed by atoms with Gasteiger partial charge in [0, 0.05) is 10.9 Å². The Morgan fingerprint density at radius 2 is 2.07 bits per heavy atom. The average Bonchev–Trinajstić information content (AvgIpc) is 2.17. The van der Waals surface area contributed by atoms with E-state index in [0.717, 1.165) is 0 Å². The van der Waals surface area contributed by atoms with Crippen LogP contribution in [0.3, 0.4) is 0 Å². The summed E-state index contributed by atoms with van der Waals surface area (Å²) >= 11 is 0. The van der Waals surface area contributed by atoms with Crippen LogP contribution in [0.4, 0.5) is 0 Å². The summed E-state index contributed by atoms with van der Waals surface area (Å²) in [5.74, 6) is -0.261. The van der Waals surface area contributed by atoms with E-state index in [9.17, 15) is 9.90 Å². The van der Waals surface area contributed by atoms with Gasteiger partial charge in [-0.2, -0.15) is 0 Å². The van der Waals surface area contributed by atoms with Crippen LogP contribution in [0.2, 0.25) is 0 Å². The molecule has 0 saturated carbocycles. The van der Waals surface area contributed by atoms with Gasteiger partial charge in [0.15, 0.2) is 4.90 Å². The predicted octanol–water partition coefficient (Wildman–Crippen LogP) is 1.11. The number of benzene rings is 1. The van der Waals surface area contributed by atoms with Gasteiger partial charge in [0.05, 0.1) is 5.39 Å². The van der Waals surface area contributed by atoms with Gasteiger partial charge in [0.25, 0.3) is 0 Å². The van der Waals surface area contributed by atoms with Crippen molar-refractivity contribution in [1.29, 1.82) is 4.78 Å². The van der Waals surface area contributed by atoms with Gasteiger partial charge < -0.3 is 9.52 Å². The van der Waals surface area contributed by atoms with Crippen LogP contribution in [0.25, 0.3) is 11.0 Å². The number of hydrogen-bond acceptors (Lipinski definition) is 4. The molecule has 0 spiro atoms. The topological polar surface area (TPSA) is 100 Å². The van der Waals surface area contributed by atoms with Crippen molar-refractivity contribution in [2.75, 3.05) is 0 Å². The first kappa shape index (κ1) is 9.88. The zero-order chi connectivity index (χ0) is 11.0. The highest BCUT2D eigenvalue weighted by molar-refractivity contribution is 7.83. The van der Waals surface area contributed by atoms with Crippen molar-refractivity contribution in [2.45, 2.75) is 4.90 Å². The van der Waals surface area contributed by atoms with Gasteiger partial charge in [0.2, 0.25) is 0 Å². The minimum Gasteiger partial charge on any atom is -0.506 e. The Labute approximate surface area is 87.2 Å². The second-order valence-corrected chi connectivity index (χ2v) is 3.98. The van der Waals surface area contributed by atoms with Gasteiger partial charge in [-0.1, -0.05) is 12.1 Å². The second kappa shape index (κ2) is 3.48. The Bertz CT molecular complexity index is 606. The van der Waals surface area contributed by atoms with Crippen LogP contribution in [0.15, 0.2) is 38.4 Å². The van der Waals surface area contributed by atoms with Gasteiger partial charge >= 0.3 is 5.63 Å². The molecule has 1 aromatic heterocycles. The lowest BCUT2D eigenvalue weighted by atomic mass is 10.2. The van der Waals surface area contributed by atoms with Crippen molar-refractivity contribution in [1.82, 2.24) is 0 Å². The molecule has 0 amide bonds. The van der Waals surface area contributed by atoms with E-state index in [1.165, 1.54) is 0 Å². The van der Waals surface area contributed by atoms with Gasteiger partial charge in [-0.3, -0.25) is 9.92 Å². The molecule has 6 heteroatoms. The number of hydrogen-bond donors (Lipinski definition) is 3. The summed E-state index contributed by atoms with van der Waals surface area (Å²) < 4.78 is 12.2. The van der Waals surface area contributed by atoms with Crippen LogP contribution in [-0.4, -0.2) is 5.11 Å². The first-order valence-electron chi connectivity index (χ1n) is 4.06. The third-order valence-electron chi connectivity index (χ3n) is 1.97. The van der Waals surface area contributed by atoms with E-state index in [0.29, 0.717) is 5.39 Å². The molecule has 1 atom stereocenters. The summed E-state index contributed by atoms with van der Waals surface area (Å²) in [5, 5.41) is 15.4. The highest BCUT2D eigenvalue weighted by atomic mass is 32.2. The van der Waals surface area contributed by atoms with Crippen molar-refractivity contribution in [3.63, 3.8) is 0 Å². The molecule has 1 heterocycles. The van der Waals surface area contributed by atoms with Crippen LogP contribution in [0.1, 0.15) is 0 Å². The van der Waals surface area contributed by atoms with Crippen molar-refractivity contribution >= 4 is 21.8 Å². The lowest BCUT2D eigenvalue weighted by Crippen LogP contribution is -2.13. The minimum atomic E-state index is -1.56. The summed E-state index contributed by atoms with van der Waals surface area (Å²) in [6, 6.07) is 6.56. The zero-order valence-corrected chi connectivity index (χ0v) is 8.38. The summed E-state index contributed by atoms with van der Waals surface area (Å²) in [6.07, 6.45) is 0. The van der Waals surface area contributed by atoms with Crippen molar-refractivity contribution in [3.8, 4) is 5.75 Å². The summed E-state index contributed by atoms with van der Waals surface area (Å²) in [7, 11) is -1.56. The first-order chi connectivity index (χ1) is 7.11. The molecule has 0 aliphatic carbocycles. The van der Waals surface area contributed by atoms with Gasteiger partial charge in [-0.05, 0) is 12.1 Å². The molecule has 2 rings (SSSR count). The molecule has 0 saturated heterocycles. The van der Waals surface area contributed by atoms with Gasteiger partial charge in [-0.15, -0.1) is 0 Å². The maximum atomic E-state index is 11.4. The number of fused-ring (bicyclic) bond motifs is 1. The van der Waals surface area contributed by atoms with Crippen LogP contribution in [0.5, 0.6) is 5.75 Å². The molecule has 0 aliphatic rings. The maximum Gasteiger partial charge on any atom is 0.356 e. The third-order valence-corrected chi connectivity index (χ3v) is 2.77. The Morgan fingerprint density at radius 1 is 1.40 bits per heavy atom. The highest BCUT2D eigenvalue weighted by Crippen LogP contribution is 2.26. The summed E-state index contributed by atoms with van der Waals surface area (Å²) in [4.78, 5) is 11.2. The lowest BCUT2D eigenvalue weighted by Gasteiger charge is -2.04. The number of nitrogens with two attached hydrogens (primary N) is 1. The minimum absolute atomic E-state index is 0.186. The van der Waals surface area contributed by atoms with E-state index in [-0.39, 0.29) is 16.2 Å². The molecule has 0 radical (unpaired) electrons. The molecule has 1 aromatic carbocycles. The van der Waals surface area contributed by atoms with Gasteiger partial charge in [-0.25, -0.2) is 4.79 Å². The molecule has 0 fully saturated rings. The molecule has 0 bridgehead atoms. The molecule has 4 N–H and O–H groups in total. The quantitative estimate of drug-likeness (QED) is 0.631. The fourth-order valence-electron chi connectivity index (χ4n) is 1.31. The van der Waals surface area contributed by atoms with E-state index in [2.05, 4.69) is 0 Å². The number of para-hydroxylation sites is 1. The summed E-state index contributed by atoms with van der Waals surface area (Å²) in [5.41, 5.74) is -0.471. The van der Waals surface area contributed by atoms with Crippen LogP contribution in [0, 0.1) is 4.78 Å². The zero-order valence-electron chi connectivity index (χ0n) is 7.56. The molecular formula is C9H8N2O3S. The monoisotopic (exact) mass is 224 g/mol. The molecule has 15 heavy (non-hydrogen) atoms. The van der Waals surface area contributed by atoms with E-state index in [1.807, 2.05) is 0 Å². The molecular weight excluding hydrogens is 216 g/mol. The number of aromatic hydroxyl groups is 1. The predicted molar refractivity (Wildman–Crippen MR) is 56.7 cm³/mol. The molecule has 0 aliphatic heterocycles. The normalized spacial score (nSPS) is 12.9. The Morgan fingerprint density at radius 3 is 2.73 bits per heavy atom. The van der Waals surface area contributed by atoms with Crippen molar-refractivity contribution in [2.24, 2.45) is 5.14 Å². The lowest BCUT2D eigenvalue weighted by molar-refractivity contribution is 0.447. The Hall–Kier alpha value is -1.66. The third kappa shape index (κ3) is 1.53. The highest BCUT2D eigenvalue weighted by Gasteiger charge is 2.14. The SMILES string of the molecule is N=[S@@](N)c1c(O)c2ccccc2oc1=O. The van der Waals surface area contributed by atoms with E-state index >= 15 is 0 Å². The van der Waals surface area contributed by atoms with E-state index in [1.54, 1.807) is 24.3 Å². The molecule has 78 valence electrons. The summed E-state index contributed by atoms with van der Waals surface area (Å²) in [6.45, 7) is 0. The Balaban J connectivity index is 2.97. The fourth-order valence-corrected chi connectivity index (χ4v) is 1.85. The average molecular weight is 224 g/mol. The van der Waals surface area contributed by atoms with E-state index < -0.39 is 16.5 Å². The molecule has 0 unspecified atom stereocenters. The van der Waals surface area contributed by atoms with Crippen LogP contribution in [-0.2, 0) is 10.9 Å². The maximum absolute atomic E-state index is 11.4. The smallest absolute Gasteiger partial charge is 0.356 e. The van der Waals surface area contributed by atoms with Crippen LogP contribution < -0.4 is 10.8 Å². The van der Waals surface area contributed by atoms with E-state index in [4.69, 9.17) is 14.3 Å². The fraction of sp³-hybridized carbons (Fsp3) is 0. The van der Waals surface area contributed by atoms with Crippen molar-refractivity contribution in [3.05, 3.63) is 34.7 Å². The molecule has 2 aromatic rings. The standard InChI is InChI=1S/C9H8N2O3S/c10-15(11)8-7(12)5-3-1-2-4-6(5)14-9(8)13/h1-4,12H,(H3,10,11). The number of rotatable bonds is 1. The first-order valence-corrected chi connectivity index (χ1v) is 5.35. The van der Waals surface area contributed by atoms with Crippen molar-refractivity contribution < 1.29 is 9.52 Å². The second-order valence-electron chi connectivity index (χ2n) is 2.90.